The number of ether oxygens (including phenoxy) is 1. The van der Waals surface area contributed by atoms with Gasteiger partial charge in [-0.25, -0.2) is 0 Å². The Hall–Kier alpha value is -1.88. The number of nitrogens with one attached hydrogen (secondary N) is 1. The van der Waals surface area contributed by atoms with Gasteiger partial charge in [0.15, 0.2) is 0 Å². The van der Waals surface area contributed by atoms with Gasteiger partial charge in [0.25, 0.3) is 0 Å². The van der Waals surface area contributed by atoms with Crippen LogP contribution in [0.3, 0.4) is 0 Å². The summed E-state index contributed by atoms with van der Waals surface area (Å²) in [5.74, 6) is 0.638. The van der Waals surface area contributed by atoms with Crippen LogP contribution in [0.1, 0.15) is 30.9 Å². The molecule has 0 saturated carbocycles. The summed E-state index contributed by atoms with van der Waals surface area (Å²) in [7, 11) is 3.45. The summed E-state index contributed by atoms with van der Waals surface area (Å²) < 4.78 is 5.13. The monoisotopic (exact) mass is 276 g/mol. The number of nitrogens with zero attached hydrogens (tertiary/aromatic N) is 1. The van der Waals surface area contributed by atoms with Crippen LogP contribution in [-0.4, -0.2) is 37.4 Å². The third-order valence-corrected chi connectivity index (χ3v) is 3.62. The number of methoxy groups -OCH3 is 1. The van der Waals surface area contributed by atoms with Gasteiger partial charge in [-0.2, -0.15) is 0 Å². The van der Waals surface area contributed by atoms with E-state index in [1.54, 1.807) is 7.11 Å². The maximum atomic E-state index is 11.8. The standard InChI is InChI=1S/C15H20N2O3/c1-16-13(11-6-8-12(20-2)9-7-11)10-17-14(18)4-3-5-15(17)19/h6-9,13,16H,3-5,10H2,1-2H3. The van der Waals surface area contributed by atoms with E-state index in [2.05, 4.69) is 5.32 Å². The van der Waals surface area contributed by atoms with Crippen LogP contribution >= 0.6 is 0 Å². The van der Waals surface area contributed by atoms with Gasteiger partial charge in [-0.3, -0.25) is 14.5 Å². The Morgan fingerprint density at radius 3 is 2.30 bits per heavy atom. The molecule has 1 heterocycles. The Balaban J connectivity index is 2.11. The van der Waals surface area contributed by atoms with Crippen molar-refractivity contribution < 1.29 is 14.3 Å². The van der Waals surface area contributed by atoms with E-state index >= 15 is 0 Å². The lowest BCUT2D eigenvalue weighted by Crippen LogP contribution is -2.44. The summed E-state index contributed by atoms with van der Waals surface area (Å²) in [6.07, 6.45) is 1.59. The number of hydrogen-bond donors (Lipinski definition) is 1. The van der Waals surface area contributed by atoms with Gasteiger partial charge in [0, 0.05) is 19.4 Å². The zero-order valence-electron chi connectivity index (χ0n) is 11.9. The Morgan fingerprint density at radius 1 is 1.20 bits per heavy atom. The number of carbonyl (C=O) groups excluding carboxylic acids is 2. The van der Waals surface area contributed by atoms with Crippen LogP contribution in [0.25, 0.3) is 0 Å². The maximum Gasteiger partial charge on any atom is 0.229 e. The number of carbonyl (C=O) groups is 2. The van der Waals surface area contributed by atoms with Crippen LogP contribution in [0, 0.1) is 0 Å². The highest BCUT2D eigenvalue weighted by Crippen LogP contribution is 2.21. The van der Waals surface area contributed by atoms with Crippen molar-refractivity contribution in [2.45, 2.75) is 25.3 Å². The van der Waals surface area contributed by atoms with Gasteiger partial charge in [-0.1, -0.05) is 12.1 Å². The molecule has 1 aromatic carbocycles. The predicted octanol–water partition coefficient (Wildman–Crippen LogP) is 1.49. The number of likely N-dealkylation sites (tertiary alicyclic amines) is 1. The second kappa shape index (κ2) is 6.52. The number of rotatable bonds is 5. The molecule has 1 aliphatic heterocycles. The van der Waals surface area contributed by atoms with E-state index in [1.807, 2.05) is 31.3 Å². The second-order valence-electron chi connectivity index (χ2n) is 4.87. The van der Waals surface area contributed by atoms with Gasteiger partial charge < -0.3 is 10.1 Å². The molecule has 1 atom stereocenters. The first-order valence-corrected chi connectivity index (χ1v) is 6.80. The summed E-state index contributed by atoms with van der Waals surface area (Å²) in [5, 5.41) is 3.16. The van der Waals surface area contributed by atoms with Crippen molar-refractivity contribution in [2.75, 3.05) is 20.7 Å². The molecule has 2 amide bonds. The molecule has 0 spiro atoms. The number of likely N-dealkylation sites (N-methyl/N-ethyl adjacent to an activating group) is 1. The summed E-state index contributed by atoms with van der Waals surface area (Å²) >= 11 is 0. The van der Waals surface area contributed by atoms with Gasteiger partial charge in [-0.15, -0.1) is 0 Å². The molecule has 1 fully saturated rings. The smallest absolute Gasteiger partial charge is 0.229 e. The van der Waals surface area contributed by atoms with Crippen LogP contribution in [0.15, 0.2) is 24.3 Å². The third kappa shape index (κ3) is 3.17. The molecule has 1 unspecified atom stereocenters. The highest BCUT2D eigenvalue weighted by molar-refractivity contribution is 5.97. The SMILES string of the molecule is CNC(CN1C(=O)CCCC1=O)c1ccc(OC)cc1. The summed E-state index contributed by atoms with van der Waals surface area (Å²) in [5.41, 5.74) is 1.03. The normalized spacial score (nSPS) is 17.2. The van der Waals surface area contributed by atoms with Crippen molar-refractivity contribution in [1.82, 2.24) is 10.2 Å². The lowest BCUT2D eigenvalue weighted by Gasteiger charge is -2.29. The number of imide groups is 1. The van der Waals surface area contributed by atoms with Crippen molar-refractivity contribution in [3.63, 3.8) is 0 Å². The lowest BCUT2D eigenvalue weighted by atomic mass is 10.0. The Bertz CT molecular complexity index is 468. The number of amides is 2. The largest absolute Gasteiger partial charge is 0.497 e. The highest BCUT2D eigenvalue weighted by Gasteiger charge is 2.28. The fraction of sp³-hybridized carbons (Fsp3) is 0.467. The lowest BCUT2D eigenvalue weighted by molar-refractivity contribution is -0.148. The van der Waals surface area contributed by atoms with Gasteiger partial charge in [0.05, 0.1) is 13.2 Å². The van der Waals surface area contributed by atoms with Gasteiger partial charge in [0.2, 0.25) is 11.8 Å². The minimum atomic E-state index is -0.0741. The zero-order valence-corrected chi connectivity index (χ0v) is 11.9. The quantitative estimate of drug-likeness (QED) is 0.828. The maximum absolute atomic E-state index is 11.8. The van der Waals surface area contributed by atoms with Crippen LogP contribution in [0.2, 0.25) is 0 Å². The Morgan fingerprint density at radius 2 is 1.80 bits per heavy atom. The highest BCUT2D eigenvalue weighted by atomic mass is 16.5. The molecule has 2 rings (SSSR count). The first-order chi connectivity index (χ1) is 9.65. The van der Waals surface area contributed by atoms with E-state index < -0.39 is 0 Å². The molecule has 0 aromatic heterocycles. The van der Waals surface area contributed by atoms with E-state index in [-0.39, 0.29) is 17.9 Å². The van der Waals surface area contributed by atoms with Crippen LogP contribution in [0.5, 0.6) is 5.75 Å². The minimum Gasteiger partial charge on any atom is -0.497 e. The Labute approximate surface area is 118 Å². The van der Waals surface area contributed by atoms with Crippen molar-refractivity contribution >= 4 is 11.8 Å². The van der Waals surface area contributed by atoms with Crippen LogP contribution in [-0.2, 0) is 9.59 Å². The van der Waals surface area contributed by atoms with Crippen LogP contribution in [0.4, 0.5) is 0 Å². The summed E-state index contributed by atoms with van der Waals surface area (Å²) in [4.78, 5) is 25.1. The summed E-state index contributed by atoms with van der Waals surface area (Å²) in [6.45, 7) is 0.375. The molecule has 20 heavy (non-hydrogen) atoms. The minimum absolute atomic E-state index is 0.0630. The topological polar surface area (TPSA) is 58.6 Å². The molecule has 0 bridgehead atoms. The van der Waals surface area contributed by atoms with E-state index in [1.165, 1.54) is 4.90 Å². The van der Waals surface area contributed by atoms with E-state index in [0.29, 0.717) is 25.8 Å². The molecule has 1 aromatic rings. The van der Waals surface area contributed by atoms with E-state index in [9.17, 15) is 9.59 Å². The molecule has 1 aliphatic rings. The fourth-order valence-electron chi connectivity index (χ4n) is 2.39. The van der Waals surface area contributed by atoms with E-state index in [4.69, 9.17) is 4.74 Å². The Kier molecular flexibility index (Phi) is 4.74. The van der Waals surface area contributed by atoms with Gasteiger partial charge in [0.1, 0.15) is 5.75 Å². The molecule has 5 heteroatoms. The molecular formula is C15H20N2O3. The van der Waals surface area contributed by atoms with Crippen molar-refractivity contribution in [3.8, 4) is 5.75 Å². The van der Waals surface area contributed by atoms with Crippen molar-refractivity contribution in [3.05, 3.63) is 29.8 Å². The number of hydrogen-bond acceptors (Lipinski definition) is 4. The molecule has 5 nitrogen and oxygen atoms in total. The van der Waals surface area contributed by atoms with Crippen molar-refractivity contribution in [2.24, 2.45) is 0 Å². The zero-order chi connectivity index (χ0) is 14.5. The van der Waals surface area contributed by atoms with Gasteiger partial charge >= 0.3 is 0 Å². The number of benzene rings is 1. The number of piperidine rings is 1. The van der Waals surface area contributed by atoms with Crippen LogP contribution < -0.4 is 10.1 Å². The third-order valence-electron chi connectivity index (χ3n) is 3.62. The molecule has 1 N–H and O–H groups in total. The average molecular weight is 276 g/mol. The average Bonchev–Trinajstić information content (AvgIpc) is 2.47. The molecule has 0 aliphatic carbocycles. The fourth-order valence-corrected chi connectivity index (χ4v) is 2.39. The first-order valence-electron chi connectivity index (χ1n) is 6.80. The predicted molar refractivity (Wildman–Crippen MR) is 75.4 cm³/mol. The van der Waals surface area contributed by atoms with E-state index in [0.717, 1.165) is 11.3 Å². The van der Waals surface area contributed by atoms with Crippen molar-refractivity contribution in [1.29, 1.82) is 0 Å². The molecule has 1 saturated heterocycles. The summed E-state index contributed by atoms with van der Waals surface area (Å²) in [6, 6.07) is 7.57. The van der Waals surface area contributed by atoms with Gasteiger partial charge in [-0.05, 0) is 31.2 Å². The molecule has 0 radical (unpaired) electrons. The first kappa shape index (κ1) is 14.5. The molecule has 108 valence electrons. The molecular weight excluding hydrogens is 256 g/mol. The second-order valence-corrected chi connectivity index (χ2v) is 4.87.